The van der Waals surface area contributed by atoms with Gasteiger partial charge in [-0.2, -0.15) is 0 Å². The molecule has 88 valence electrons. The van der Waals surface area contributed by atoms with Crippen LogP contribution in [-0.4, -0.2) is 29.9 Å². The van der Waals surface area contributed by atoms with Gasteiger partial charge in [0.2, 0.25) is 0 Å². The molecule has 0 aliphatic heterocycles. The molecule has 2 N–H and O–H groups in total. The summed E-state index contributed by atoms with van der Waals surface area (Å²) in [6, 6.07) is 7.68. The molecule has 0 fully saturated rings. The molecule has 1 unspecified atom stereocenters. The van der Waals surface area contributed by atoms with Crippen LogP contribution in [0.3, 0.4) is 0 Å². The average Bonchev–Trinajstić information content (AvgIpc) is 2.29. The van der Waals surface area contributed by atoms with Crippen molar-refractivity contribution < 1.29 is 10.2 Å². The third kappa shape index (κ3) is 3.36. The minimum atomic E-state index is -0.445. The second-order valence-electron chi connectivity index (χ2n) is 3.73. The Morgan fingerprint density at radius 3 is 2.44 bits per heavy atom. The Labute approximate surface area is 96.6 Å². The molecule has 0 spiro atoms. The molecule has 1 atom stereocenters. The average molecular weight is 221 g/mol. The van der Waals surface area contributed by atoms with E-state index in [0.29, 0.717) is 13.1 Å². The molecule has 1 aromatic carbocycles. The topological polar surface area (TPSA) is 43.7 Å². The van der Waals surface area contributed by atoms with E-state index >= 15 is 0 Å². The summed E-state index contributed by atoms with van der Waals surface area (Å²) in [7, 11) is 0. The van der Waals surface area contributed by atoms with Crippen molar-refractivity contribution in [2.45, 2.75) is 13.0 Å². The van der Waals surface area contributed by atoms with E-state index < -0.39 is 6.10 Å². The molecule has 0 amide bonds. The van der Waals surface area contributed by atoms with Crippen LogP contribution < -0.4 is 4.90 Å². The molecule has 0 heterocycles. The van der Waals surface area contributed by atoms with Crippen LogP contribution in [0.25, 0.3) is 0 Å². The van der Waals surface area contributed by atoms with Gasteiger partial charge in [0.25, 0.3) is 0 Å². The largest absolute Gasteiger partial charge is 0.395 e. The van der Waals surface area contributed by atoms with Gasteiger partial charge >= 0.3 is 0 Å². The number of aliphatic hydroxyl groups excluding tert-OH is 2. The van der Waals surface area contributed by atoms with Crippen LogP contribution in [0.5, 0.6) is 0 Å². The van der Waals surface area contributed by atoms with Crippen LogP contribution in [0.15, 0.2) is 36.9 Å². The molecule has 1 rings (SSSR count). The van der Waals surface area contributed by atoms with E-state index in [9.17, 15) is 5.11 Å². The van der Waals surface area contributed by atoms with Crippen LogP contribution >= 0.6 is 0 Å². The lowest BCUT2D eigenvalue weighted by Crippen LogP contribution is -2.26. The van der Waals surface area contributed by atoms with Gasteiger partial charge in [0, 0.05) is 18.8 Å². The highest BCUT2D eigenvalue weighted by Gasteiger charge is 2.05. The third-order valence-corrected chi connectivity index (χ3v) is 2.46. The highest BCUT2D eigenvalue weighted by atomic mass is 16.3. The summed E-state index contributed by atoms with van der Waals surface area (Å²) in [6.07, 6.45) is 1.36. The Hall–Kier alpha value is -1.32. The fourth-order valence-corrected chi connectivity index (χ4v) is 1.57. The lowest BCUT2D eigenvalue weighted by atomic mass is 10.1. The number of benzene rings is 1. The Morgan fingerprint density at radius 2 is 2.00 bits per heavy atom. The molecular formula is C13H19NO2. The summed E-state index contributed by atoms with van der Waals surface area (Å²) in [5.74, 6) is 0. The van der Waals surface area contributed by atoms with Gasteiger partial charge < -0.3 is 15.1 Å². The zero-order chi connectivity index (χ0) is 12.0. The van der Waals surface area contributed by atoms with Gasteiger partial charge in [-0.25, -0.2) is 0 Å². The van der Waals surface area contributed by atoms with E-state index in [1.54, 1.807) is 13.0 Å². The fraction of sp³-hybridized carbons (Fsp3) is 0.385. The zero-order valence-electron chi connectivity index (χ0n) is 9.63. The normalized spacial score (nSPS) is 12.2. The number of hydrogen-bond donors (Lipinski definition) is 2. The van der Waals surface area contributed by atoms with Crippen LogP contribution in [0, 0.1) is 0 Å². The zero-order valence-corrected chi connectivity index (χ0v) is 9.63. The first-order valence-electron chi connectivity index (χ1n) is 5.43. The molecular weight excluding hydrogens is 202 g/mol. The third-order valence-electron chi connectivity index (χ3n) is 2.46. The Balaban J connectivity index is 2.80. The predicted molar refractivity (Wildman–Crippen MR) is 66.6 cm³/mol. The van der Waals surface area contributed by atoms with Crippen molar-refractivity contribution in [3.63, 3.8) is 0 Å². The molecule has 0 radical (unpaired) electrons. The minimum Gasteiger partial charge on any atom is -0.395 e. The molecule has 1 aromatic rings. The van der Waals surface area contributed by atoms with E-state index in [-0.39, 0.29) is 6.61 Å². The van der Waals surface area contributed by atoms with Crippen LogP contribution in [0.2, 0.25) is 0 Å². The number of anilines is 1. The van der Waals surface area contributed by atoms with Crippen molar-refractivity contribution in [2.75, 3.05) is 24.6 Å². The molecule has 0 aliphatic rings. The molecule has 0 aliphatic carbocycles. The Morgan fingerprint density at radius 1 is 1.38 bits per heavy atom. The maximum absolute atomic E-state index is 9.39. The van der Waals surface area contributed by atoms with E-state index in [1.807, 2.05) is 29.2 Å². The highest BCUT2D eigenvalue weighted by Crippen LogP contribution is 2.18. The van der Waals surface area contributed by atoms with E-state index in [0.717, 1.165) is 11.3 Å². The number of rotatable bonds is 6. The van der Waals surface area contributed by atoms with Gasteiger partial charge in [-0.1, -0.05) is 18.2 Å². The summed E-state index contributed by atoms with van der Waals surface area (Å²) in [6.45, 7) is 6.83. The summed E-state index contributed by atoms with van der Waals surface area (Å²) in [5.41, 5.74) is 1.92. The molecule has 0 saturated carbocycles. The predicted octanol–water partition coefficient (Wildman–Crippen LogP) is 1.72. The first-order valence-corrected chi connectivity index (χ1v) is 5.43. The van der Waals surface area contributed by atoms with E-state index in [2.05, 4.69) is 6.58 Å². The Bertz CT molecular complexity index is 319. The van der Waals surface area contributed by atoms with Gasteiger partial charge in [-0.15, -0.1) is 6.58 Å². The standard InChI is InChI=1S/C13H19NO2/c1-3-8-14(9-10-15)13-6-4-12(5-7-13)11(2)16/h3-7,11,15-16H,1,8-10H2,2H3. The van der Waals surface area contributed by atoms with Gasteiger partial charge in [0.05, 0.1) is 12.7 Å². The van der Waals surface area contributed by atoms with Gasteiger partial charge in [0.1, 0.15) is 0 Å². The maximum Gasteiger partial charge on any atom is 0.0761 e. The summed E-state index contributed by atoms with van der Waals surface area (Å²) < 4.78 is 0. The molecule has 3 nitrogen and oxygen atoms in total. The Kier molecular flexibility index (Phi) is 5.02. The first kappa shape index (κ1) is 12.7. The number of nitrogens with zero attached hydrogens (tertiary/aromatic N) is 1. The quantitative estimate of drug-likeness (QED) is 0.719. The summed E-state index contributed by atoms with van der Waals surface area (Å²) in [5, 5.41) is 18.3. The van der Waals surface area contributed by atoms with Crippen LogP contribution in [-0.2, 0) is 0 Å². The number of aliphatic hydroxyl groups is 2. The molecule has 3 heteroatoms. The van der Waals surface area contributed by atoms with Gasteiger partial charge in [0.15, 0.2) is 0 Å². The first-order chi connectivity index (χ1) is 7.69. The molecule has 16 heavy (non-hydrogen) atoms. The van der Waals surface area contributed by atoms with Crippen molar-refractivity contribution in [3.8, 4) is 0 Å². The lowest BCUT2D eigenvalue weighted by molar-refractivity contribution is 0.199. The monoisotopic (exact) mass is 221 g/mol. The number of hydrogen-bond acceptors (Lipinski definition) is 3. The second-order valence-corrected chi connectivity index (χ2v) is 3.73. The summed E-state index contributed by atoms with van der Waals surface area (Å²) >= 11 is 0. The van der Waals surface area contributed by atoms with Gasteiger partial charge in [-0.05, 0) is 24.6 Å². The smallest absolute Gasteiger partial charge is 0.0761 e. The SMILES string of the molecule is C=CCN(CCO)c1ccc(C(C)O)cc1. The van der Waals surface area contributed by atoms with E-state index in [1.165, 1.54) is 0 Å². The van der Waals surface area contributed by atoms with E-state index in [4.69, 9.17) is 5.11 Å². The lowest BCUT2D eigenvalue weighted by Gasteiger charge is -2.22. The van der Waals surface area contributed by atoms with Crippen LogP contribution in [0.1, 0.15) is 18.6 Å². The van der Waals surface area contributed by atoms with Crippen molar-refractivity contribution in [3.05, 3.63) is 42.5 Å². The van der Waals surface area contributed by atoms with Crippen molar-refractivity contribution >= 4 is 5.69 Å². The highest BCUT2D eigenvalue weighted by molar-refractivity contribution is 5.48. The summed E-state index contributed by atoms with van der Waals surface area (Å²) in [4.78, 5) is 2.03. The fourth-order valence-electron chi connectivity index (χ4n) is 1.57. The maximum atomic E-state index is 9.39. The second kappa shape index (κ2) is 6.30. The molecule has 0 saturated heterocycles. The molecule has 0 aromatic heterocycles. The molecule has 0 bridgehead atoms. The van der Waals surface area contributed by atoms with Crippen molar-refractivity contribution in [2.24, 2.45) is 0 Å². The minimum absolute atomic E-state index is 0.117. The van der Waals surface area contributed by atoms with Gasteiger partial charge in [-0.3, -0.25) is 0 Å². The van der Waals surface area contributed by atoms with Crippen molar-refractivity contribution in [1.82, 2.24) is 0 Å². The van der Waals surface area contributed by atoms with Crippen molar-refractivity contribution in [1.29, 1.82) is 0 Å². The van der Waals surface area contributed by atoms with Crippen LogP contribution in [0.4, 0.5) is 5.69 Å².